The summed E-state index contributed by atoms with van der Waals surface area (Å²) in [5.41, 5.74) is 0.934. The largest absolute Gasteiger partial charge is 0.366 e. The van der Waals surface area contributed by atoms with Crippen LogP contribution in [0.1, 0.15) is 11.4 Å². The first-order chi connectivity index (χ1) is 8.28. The van der Waals surface area contributed by atoms with Crippen molar-refractivity contribution in [2.45, 2.75) is 6.54 Å². The third kappa shape index (κ3) is 2.98. The molecule has 1 N–H and O–H groups in total. The lowest BCUT2D eigenvalue weighted by atomic mass is 10.2. The number of rotatable bonds is 3. The number of aromatic nitrogens is 2. The Morgan fingerprint density at radius 2 is 2.00 bits per heavy atom. The topological polar surface area (TPSA) is 61.6 Å². The minimum Gasteiger partial charge on any atom is -0.366 e. The van der Waals surface area contributed by atoms with Gasteiger partial charge in [-0.15, -0.1) is 0 Å². The van der Waals surface area contributed by atoms with Crippen LogP contribution < -0.4 is 5.32 Å². The fourth-order valence-electron chi connectivity index (χ4n) is 1.31. The van der Waals surface area contributed by atoms with E-state index in [2.05, 4.69) is 15.3 Å². The van der Waals surface area contributed by atoms with Crippen molar-refractivity contribution in [3.8, 4) is 6.07 Å². The van der Waals surface area contributed by atoms with E-state index in [1.54, 1.807) is 18.2 Å². The van der Waals surface area contributed by atoms with Crippen LogP contribution in [0.15, 0.2) is 36.5 Å². The monoisotopic (exact) mass is 228 g/mol. The van der Waals surface area contributed by atoms with Crippen LogP contribution in [0, 0.1) is 17.1 Å². The smallest absolute Gasteiger partial charge is 0.234 e. The molecule has 84 valence electrons. The molecule has 0 amide bonds. The summed E-state index contributed by atoms with van der Waals surface area (Å²) in [6.07, 6.45) is 1.51. The van der Waals surface area contributed by atoms with Crippen LogP contribution in [0.5, 0.6) is 0 Å². The molecule has 0 radical (unpaired) electrons. The molecule has 1 heterocycles. The van der Waals surface area contributed by atoms with E-state index in [1.807, 2.05) is 6.07 Å². The van der Waals surface area contributed by atoms with Gasteiger partial charge in [0.2, 0.25) is 5.82 Å². The van der Waals surface area contributed by atoms with Crippen LogP contribution in [0.2, 0.25) is 0 Å². The lowest BCUT2D eigenvalue weighted by Crippen LogP contribution is -2.02. The first-order valence-electron chi connectivity index (χ1n) is 4.99. The third-order valence-corrected chi connectivity index (χ3v) is 2.14. The molecule has 0 atom stereocenters. The Kier molecular flexibility index (Phi) is 3.26. The second-order valence-electron chi connectivity index (χ2n) is 3.36. The molecule has 0 bridgehead atoms. The standard InChI is InChI=1S/C12H9FN4/c13-10-3-1-9(2-4-10)8-16-11-5-6-15-12(7-14)17-11/h1-6H,8H2,(H,15,16,17). The molecule has 0 fully saturated rings. The maximum absolute atomic E-state index is 12.7. The number of anilines is 1. The zero-order valence-electron chi connectivity index (χ0n) is 8.89. The summed E-state index contributed by atoms with van der Waals surface area (Å²) in [6, 6.07) is 9.71. The molecule has 5 heteroatoms. The van der Waals surface area contributed by atoms with E-state index in [9.17, 15) is 4.39 Å². The van der Waals surface area contributed by atoms with Crippen LogP contribution in [-0.4, -0.2) is 9.97 Å². The highest BCUT2D eigenvalue weighted by atomic mass is 19.1. The molecule has 0 aliphatic heterocycles. The van der Waals surface area contributed by atoms with Gasteiger partial charge in [-0.05, 0) is 23.8 Å². The van der Waals surface area contributed by atoms with Gasteiger partial charge in [0.15, 0.2) is 0 Å². The normalized spacial score (nSPS) is 9.65. The van der Waals surface area contributed by atoms with Gasteiger partial charge >= 0.3 is 0 Å². The number of nitrogens with zero attached hydrogens (tertiary/aromatic N) is 3. The minimum atomic E-state index is -0.262. The summed E-state index contributed by atoms with van der Waals surface area (Å²) in [4.78, 5) is 7.73. The molecule has 0 spiro atoms. The highest BCUT2D eigenvalue weighted by Gasteiger charge is 1.98. The number of halogens is 1. The fraction of sp³-hybridized carbons (Fsp3) is 0.0833. The summed E-state index contributed by atoms with van der Waals surface area (Å²) in [7, 11) is 0. The molecule has 0 saturated carbocycles. The molecule has 2 aromatic rings. The molecular weight excluding hydrogens is 219 g/mol. The van der Waals surface area contributed by atoms with Crippen LogP contribution in [0.3, 0.4) is 0 Å². The molecule has 1 aromatic carbocycles. The molecule has 0 aliphatic rings. The number of hydrogen-bond acceptors (Lipinski definition) is 4. The Balaban J connectivity index is 2.02. The third-order valence-electron chi connectivity index (χ3n) is 2.14. The van der Waals surface area contributed by atoms with Gasteiger partial charge in [0.1, 0.15) is 17.7 Å². The van der Waals surface area contributed by atoms with E-state index < -0.39 is 0 Å². The number of nitriles is 1. The van der Waals surface area contributed by atoms with Gasteiger partial charge in [0.25, 0.3) is 0 Å². The maximum atomic E-state index is 12.7. The van der Waals surface area contributed by atoms with Gasteiger partial charge in [-0.25, -0.2) is 14.4 Å². The Bertz CT molecular complexity index is 545. The van der Waals surface area contributed by atoms with Gasteiger partial charge in [0.05, 0.1) is 0 Å². The zero-order chi connectivity index (χ0) is 12.1. The zero-order valence-corrected chi connectivity index (χ0v) is 8.89. The molecule has 0 unspecified atom stereocenters. The summed E-state index contributed by atoms with van der Waals surface area (Å²) in [5.74, 6) is 0.428. The van der Waals surface area contributed by atoms with Crippen molar-refractivity contribution in [3.05, 3.63) is 53.7 Å². The van der Waals surface area contributed by atoms with Crippen molar-refractivity contribution in [2.75, 3.05) is 5.32 Å². The summed E-state index contributed by atoms with van der Waals surface area (Å²) in [6.45, 7) is 0.516. The van der Waals surface area contributed by atoms with Crippen molar-refractivity contribution >= 4 is 5.82 Å². The van der Waals surface area contributed by atoms with E-state index in [-0.39, 0.29) is 11.6 Å². The van der Waals surface area contributed by atoms with Crippen molar-refractivity contribution < 1.29 is 4.39 Å². The average Bonchev–Trinajstić information content (AvgIpc) is 2.38. The van der Waals surface area contributed by atoms with E-state index in [1.165, 1.54) is 18.3 Å². The molecular formula is C12H9FN4. The van der Waals surface area contributed by atoms with Crippen LogP contribution in [0.4, 0.5) is 10.2 Å². The quantitative estimate of drug-likeness (QED) is 0.873. The molecule has 0 saturated heterocycles. The molecule has 17 heavy (non-hydrogen) atoms. The van der Waals surface area contributed by atoms with E-state index in [0.29, 0.717) is 12.4 Å². The molecule has 4 nitrogen and oxygen atoms in total. The predicted octanol–water partition coefficient (Wildman–Crippen LogP) is 2.10. The van der Waals surface area contributed by atoms with Crippen molar-refractivity contribution in [2.24, 2.45) is 0 Å². The maximum Gasteiger partial charge on any atom is 0.234 e. The highest BCUT2D eigenvalue weighted by Crippen LogP contribution is 2.07. The Hall–Kier alpha value is -2.48. The van der Waals surface area contributed by atoms with Crippen molar-refractivity contribution in [3.63, 3.8) is 0 Å². The van der Waals surface area contributed by atoms with Crippen LogP contribution in [0.25, 0.3) is 0 Å². The minimum absolute atomic E-state index is 0.120. The van der Waals surface area contributed by atoms with Crippen LogP contribution >= 0.6 is 0 Å². The van der Waals surface area contributed by atoms with Crippen LogP contribution in [-0.2, 0) is 6.54 Å². The number of nitrogens with one attached hydrogen (secondary N) is 1. The number of benzene rings is 1. The van der Waals surface area contributed by atoms with Crippen molar-refractivity contribution in [1.82, 2.24) is 9.97 Å². The van der Waals surface area contributed by atoms with Gasteiger partial charge in [-0.1, -0.05) is 12.1 Å². The first-order valence-corrected chi connectivity index (χ1v) is 4.99. The molecule has 2 rings (SSSR count). The van der Waals surface area contributed by atoms with Gasteiger partial charge in [-0.3, -0.25) is 0 Å². The van der Waals surface area contributed by atoms with E-state index in [4.69, 9.17) is 5.26 Å². The summed E-state index contributed by atoms with van der Waals surface area (Å²) in [5, 5.41) is 11.7. The molecule has 0 aliphatic carbocycles. The highest BCUT2D eigenvalue weighted by molar-refractivity contribution is 5.36. The lowest BCUT2D eigenvalue weighted by Gasteiger charge is -2.05. The first kappa shape index (κ1) is 11.0. The van der Waals surface area contributed by atoms with E-state index in [0.717, 1.165) is 5.56 Å². The average molecular weight is 228 g/mol. The Morgan fingerprint density at radius 3 is 2.71 bits per heavy atom. The second kappa shape index (κ2) is 5.03. The van der Waals surface area contributed by atoms with Gasteiger partial charge < -0.3 is 5.32 Å². The van der Waals surface area contributed by atoms with Gasteiger partial charge in [0, 0.05) is 12.7 Å². The number of hydrogen-bond donors (Lipinski definition) is 1. The second-order valence-corrected chi connectivity index (χ2v) is 3.36. The lowest BCUT2D eigenvalue weighted by molar-refractivity contribution is 0.627. The summed E-state index contributed by atoms with van der Waals surface area (Å²) < 4.78 is 12.7. The predicted molar refractivity (Wildman–Crippen MR) is 60.5 cm³/mol. The summed E-state index contributed by atoms with van der Waals surface area (Å²) >= 11 is 0. The fourth-order valence-corrected chi connectivity index (χ4v) is 1.31. The SMILES string of the molecule is N#Cc1nccc(NCc2ccc(F)cc2)n1. The Labute approximate surface area is 97.8 Å². The van der Waals surface area contributed by atoms with Crippen molar-refractivity contribution in [1.29, 1.82) is 5.26 Å². The van der Waals surface area contributed by atoms with Gasteiger partial charge in [-0.2, -0.15) is 5.26 Å². The molecule has 1 aromatic heterocycles. The Morgan fingerprint density at radius 1 is 1.24 bits per heavy atom. The van der Waals surface area contributed by atoms with E-state index >= 15 is 0 Å².